The molecule has 0 bridgehead atoms. The van der Waals surface area contributed by atoms with E-state index in [4.69, 9.17) is 0 Å². The van der Waals surface area contributed by atoms with E-state index in [1.54, 1.807) is 0 Å². The number of halogens is 2. The van der Waals surface area contributed by atoms with Crippen LogP contribution < -0.4 is 5.32 Å². The summed E-state index contributed by atoms with van der Waals surface area (Å²) in [5.74, 6) is 0. The second kappa shape index (κ2) is 5.13. The largest absolute Gasteiger partial charge is 0.310 e. The van der Waals surface area contributed by atoms with Crippen molar-refractivity contribution in [3.05, 3.63) is 32.7 Å². The Bertz CT molecular complexity index is 284. The van der Waals surface area contributed by atoms with Gasteiger partial charge >= 0.3 is 0 Å². The molecular weight excluding hydrogens is 294 g/mol. The SMILES string of the molecule is CC(C)NCc1ccc(Br)c(Br)c1. The number of rotatable bonds is 3. The van der Waals surface area contributed by atoms with Gasteiger partial charge in [0, 0.05) is 21.5 Å². The molecule has 0 fully saturated rings. The van der Waals surface area contributed by atoms with Crippen LogP contribution in [0.5, 0.6) is 0 Å². The molecule has 3 heteroatoms. The lowest BCUT2D eigenvalue weighted by molar-refractivity contribution is 0.588. The van der Waals surface area contributed by atoms with Gasteiger partial charge in [-0.3, -0.25) is 0 Å². The fourth-order valence-corrected chi connectivity index (χ4v) is 1.64. The molecule has 1 nitrogen and oxygen atoms in total. The minimum Gasteiger partial charge on any atom is -0.310 e. The summed E-state index contributed by atoms with van der Waals surface area (Å²) < 4.78 is 2.20. The highest BCUT2D eigenvalue weighted by atomic mass is 79.9. The van der Waals surface area contributed by atoms with E-state index in [-0.39, 0.29) is 0 Å². The molecule has 0 unspecified atom stereocenters. The van der Waals surface area contributed by atoms with E-state index >= 15 is 0 Å². The maximum absolute atomic E-state index is 3.48. The van der Waals surface area contributed by atoms with Crippen LogP contribution in [-0.2, 0) is 6.54 Å². The van der Waals surface area contributed by atoms with Crippen molar-refractivity contribution < 1.29 is 0 Å². The molecule has 1 rings (SSSR count). The molecule has 0 aliphatic rings. The van der Waals surface area contributed by atoms with Gasteiger partial charge in [0.05, 0.1) is 0 Å². The highest BCUT2D eigenvalue weighted by Gasteiger charge is 1.99. The second-order valence-electron chi connectivity index (χ2n) is 3.28. The van der Waals surface area contributed by atoms with Crippen LogP contribution in [0.2, 0.25) is 0 Å². The van der Waals surface area contributed by atoms with Crippen LogP contribution in [0.3, 0.4) is 0 Å². The Morgan fingerprint density at radius 3 is 2.46 bits per heavy atom. The van der Waals surface area contributed by atoms with Crippen molar-refractivity contribution in [2.75, 3.05) is 0 Å². The van der Waals surface area contributed by atoms with E-state index in [0.29, 0.717) is 6.04 Å². The summed E-state index contributed by atoms with van der Waals surface area (Å²) in [6, 6.07) is 6.83. The lowest BCUT2D eigenvalue weighted by Crippen LogP contribution is -2.21. The molecule has 0 saturated heterocycles. The third-order valence-electron chi connectivity index (χ3n) is 1.70. The van der Waals surface area contributed by atoms with Crippen molar-refractivity contribution >= 4 is 31.9 Å². The number of hydrogen-bond acceptors (Lipinski definition) is 1. The van der Waals surface area contributed by atoms with E-state index in [0.717, 1.165) is 15.5 Å². The van der Waals surface area contributed by atoms with Crippen LogP contribution >= 0.6 is 31.9 Å². The fraction of sp³-hybridized carbons (Fsp3) is 0.400. The first kappa shape index (κ1) is 11.2. The van der Waals surface area contributed by atoms with Crippen LogP contribution in [0.25, 0.3) is 0 Å². The lowest BCUT2D eigenvalue weighted by atomic mass is 10.2. The zero-order chi connectivity index (χ0) is 9.84. The van der Waals surface area contributed by atoms with Gasteiger partial charge in [-0.25, -0.2) is 0 Å². The molecule has 1 aromatic carbocycles. The van der Waals surface area contributed by atoms with Gasteiger partial charge in [-0.05, 0) is 49.6 Å². The van der Waals surface area contributed by atoms with E-state index in [1.165, 1.54) is 5.56 Å². The molecule has 0 aromatic heterocycles. The Kier molecular flexibility index (Phi) is 4.42. The molecule has 0 spiro atoms. The second-order valence-corrected chi connectivity index (χ2v) is 4.99. The average molecular weight is 307 g/mol. The van der Waals surface area contributed by atoms with Gasteiger partial charge in [-0.15, -0.1) is 0 Å². The lowest BCUT2D eigenvalue weighted by Gasteiger charge is -2.08. The molecule has 13 heavy (non-hydrogen) atoms. The van der Waals surface area contributed by atoms with Gasteiger partial charge in [0.25, 0.3) is 0 Å². The first-order chi connectivity index (χ1) is 6.09. The zero-order valence-electron chi connectivity index (χ0n) is 7.77. The Morgan fingerprint density at radius 2 is 1.92 bits per heavy atom. The minimum absolute atomic E-state index is 0.530. The summed E-state index contributed by atoms with van der Waals surface area (Å²) in [5, 5.41) is 3.37. The summed E-state index contributed by atoms with van der Waals surface area (Å²) in [4.78, 5) is 0. The Labute approximate surface area is 96.2 Å². The van der Waals surface area contributed by atoms with Gasteiger partial charge in [0.1, 0.15) is 0 Å². The smallest absolute Gasteiger partial charge is 0.0320 e. The first-order valence-corrected chi connectivity index (χ1v) is 5.85. The predicted octanol–water partition coefficient (Wildman–Crippen LogP) is 3.71. The van der Waals surface area contributed by atoms with E-state index in [9.17, 15) is 0 Å². The van der Waals surface area contributed by atoms with Crippen molar-refractivity contribution in [3.63, 3.8) is 0 Å². The monoisotopic (exact) mass is 305 g/mol. The third-order valence-corrected chi connectivity index (χ3v) is 3.58. The Balaban J connectivity index is 2.63. The van der Waals surface area contributed by atoms with Gasteiger partial charge < -0.3 is 5.32 Å². The molecular formula is C10H13Br2N. The number of nitrogens with one attached hydrogen (secondary N) is 1. The summed E-state index contributed by atoms with van der Waals surface area (Å²) in [6.07, 6.45) is 0. The van der Waals surface area contributed by atoms with Gasteiger partial charge in [0.2, 0.25) is 0 Å². The molecule has 0 atom stereocenters. The number of hydrogen-bond donors (Lipinski definition) is 1. The van der Waals surface area contributed by atoms with Crippen molar-refractivity contribution in [2.24, 2.45) is 0 Å². The Hall–Kier alpha value is 0.140. The summed E-state index contributed by atoms with van der Waals surface area (Å²) >= 11 is 6.92. The minimum atomic E-state index is 0.530. The average Bonchev–Trinajstić information content (AvgIpc) is 2.07. The van der Waals surface area contributed by atoms with Crippen LogP contribution in [-0.4, -0.2) is 6.04 Å². The quantitative estimate of drug-likeness (QED) is 0.897. The van der Waals surface area contributed by atoms with Crippen molar-refractivity contribution in [1.29, 1.82) is 0 Å². The molecule has 72 valence electrons. The Morgan fingerprint density at radius 1 is 1.23 bits per heavy atom. The van der Waals surface area contributed by atoms with E-state index < -0.39 is 0 Å². The summed E-state index contributed by atoms with van der Waals surface area (Å²) in [5.41, 5.74) is 1.30. The maximum atomic E-state index is 3.48. The zero-order valence-corrected chi connectivity index (χ0v) is 10.9. The predicted molar refractivity (Wildman–Crippen MR) is 63.8 cm³/mol. The van der Waals surface area contributed by atoms with Crippen molar-refractivity contribution in [2.45, 2.75) is 26.4 Å². The van der Waals surface area contributed by atoms with E-state index in [1.807, 2.05) is 0 Å². The molecule has 0 aliphatic heterocycles. The molecule has 0 radical (unpaired) electrons. The van der Waals surface area contributed by atoms with Gasteiger partial charge in [-0.1, -0.05) is 19.9 Å². The van der Waals surface area contributed by atoms with Crippen molar-refractivity contribution in [1.82, 2.24) is 5.32 Å². The number of benzene rings is 1. The molecule has 0 saturated carbocycles. The van der Waals surface area contributed by atoms with E-state index in [2.05, 4.69) is 69.2 Å². The van der Waals surface area contributed by atoms with Crippen molar-refractivity contribution in [3.8, 4) is 0 Å². The van der Waals surface area contributed by atoms with Gasteiger partial charge in [-0.2, -0.15) is 0 Å². The standard InChI is InChI=1S/C10H13Br2N/c1-7(2)13-6-8-3-4-9(11)10(12)5-8/h3-5,7,13H,6H2,1-2H3. The van der Waals surface area contributed by atoms with Gasteiger partial charge in [0.15, 0.2) is 0 Å². The summed E-state index contributed by atoms with van der Waals surface area (Å²) in [6.45, 7) is 5.21. The van der Waals surface area contributed by atoms with Crippen LogP contribution in [0.15, 0.2) is 27.1 Å². The fourth-order valence-electron chi connectivity index (χ4n) is 0.972. The third kappa shape index (κ3) is 3.79. The topological polar surface area (TPSA) is 12.0 Å². The first-order valence-electron chi connectivity index (χ1n) is 4.27. The molecule has 0 amide bonds. The molecule has 1 aromatic rings. The van der Waals surface area contributed by atoms with Crippen LogP contribution in [0.1, 0.15) is 19.4 Å². The normalized spacial score (nSPS) is 10.8. The maximum Gasteiger partial charge on any atom is 0.0320 e. The van der Waals surface area contributed by atoms with Crippen LogP contribution in [0.4, 0.5) is 0 Å². The summed E-state index contributed by atoms with van der Waals surface area (Å²) in [7, 11) is 0. The van der Waals surface area contributed by atoms with Crippen LogP contribution in [0, 0.1) is 0 Å². The highest BCUT2D eigenvalue weighted by molar-refractivity contribution is 9.13. The highest BCUT2D eigenvalue weighted by Crippen LogP contribution is 2.23. The molecule has 1 N–H and O–H groups in total. The molecule has 0 heterocycles. The molecule has 0 aliphatic carbocycles.